The van der Waals surface area contributed by atoms with E-state index in [0.29, 0.717) is 53.1 Å². The van der Waals surface area contributed by atoms with Crippen LogP contribution in [0.15, 0.2) is 41.8 Å². The first-order valence-electron chi connectivity index (χ1n) is 19.5. The number of pyridine rings is 1. The first kappa shape index (κ1) is 40.0. The summed E-state index contributed by atoms with van der Waals surface area (Å²) in [6.45, 7) is 4.04. The van der Waals surface area contributed by atoms with Crippen LogP contribution in [0.3, 0.4) is 0 Å². The number of fused-ring (bicyclic) bond motifs is 3. The minimum absolute atomic E-state index is 0.0204. The van der Waals surface area contributed by atoms with E-state index >= 15 is 0 Å². The van der Waals surface area contributed by atoms with Crippen LogP contribution in [-0.2, 0) is 18.9 Å². The molecule has 302 valence electrons. The summed E-state index contributed by atoms with van der Waals surface area (Å²) in [4.78, 5) is 73.9. The molecule has 56 heavy (non-hydrogen) atoms. The maximum atomic E-state index is 14.6. The van der Waals surface area contributed by atoms with E-state index in [2.05, 4.69) is 16.0 Å². The molecule has 0 unspecified atom stereocenters. The number of ether oxygens (including phenoxy) is 3. The molecule has 0 radical (unpaired) electrons. The summed E-state index contributed by atoms with van der Waals surface area (Å²) in [6, 6.07) is 5.27. The molecule has 3 aromatic rings. The van der Waals surface area contributed by atoms with Gasteiger partial charge in [-0.3, -0.25) is 14.2 Å². The summed E-state index contributed by atoms with van der Waals surface area (Å²) in [5, 5.41) is 10.4. The first-order chi connectivity index (χ1) is 26.8. The second kappa shape index (κ2) is 16.7. The molecule has 15 nitrogen and oxygen atoms in total. The molecule has 2 aliphatic heterocycles. The largest absolute Gasteiger partial charge is 0.497 e. The lowest BCUT2D eigenvalue weighted by molar-refractivity contribution is -0.140. The maximum Gasteiger partial charge on any atom is 0.408 e. The van der Waals surface area contributed by atoms with Crippen LogP contribution in [0.5, 0.6) is 11.5 Å². The van der Waals surface area contributed by atoms with Gasteiger partial charge in [-0.25, -0.2) is 14.8 Å². The molecular formula is C39H51N6O9PS. The van der Waals surface area contributed by atoms with Gasteiger partial charge in [-0.1, -0.05) is 25.0 Å². The molecule has 5 atom stereocenters. The number of carbonyl (C=O) groups is 3. The van der Waals surface area contributed by atoms with Crippen molar-refractivity contribution in [2.24, 2.45) is 5.92 Å². The van der Waals surface area contributed by atoms with Crippen molar-refractivity contribution in [2.75, 3.05) is 19.0 Å². The Kier molecular flexibility index (Phi) is 11.9. The van der Waals surface area contributed by atoms with Crippen molar-refractivity contribution >= 4 is 52.9 Å². The lowest BCUT2D eigenvalue weighted by atomic mass is 10.0. The van der Waals surface area contributed by atoms with E-state index in [1.807, 2.05) is 31.4 Å². The molecule has 0 spiro atoms. The number of rotatable bonds is 9. The fraction of sp³-hybridized carbons (Fsp3) is 0.564. The highest BCUT2D eigenvalue weighted by atomic mass is 32.1. The summed E-state index contributed by atoms with van der Waals surface area (Å²) >= 11 is 1.46. The normalized spacial score (nSPS) is 26.8. The molecule has 2 aliphatic carbocycles. The van der Waals surface area contributed by atoms with E-state index in [9.17, 15) is 28.7 Å². The van der Waals surface area contributed by atoms with Crippen LogP contribution in [0.25, 0.3) is 22.3 Å². The number of nitrogens with zero attached hydrogens (tertiary/aromatic N) is 3. The number of methoxy groups -OCH3 is 1. The number of aromatic nitrogens is 2. The number of hydrogen-bond acceptors (Lipinski definition) is 11. The molecule has 1 aromatic carbocycles. The fourth-order valence-electron chi connectivity index (χ4n) is 7.98. The molecule has 2 saturated carbocycles. The Hall–Kier alpha value is -4.24. The minimum atomic E-state index is -4.81. The predicted molar refractivity (Wildman–Crippen MR) is 212 cm³/mol. The fourth-order valence-corrected chi connectivity index (χ4v) is 10.0. The summed E-state index contributed by atoms with van der Waals surface area (Å²) < 4.78 is 30.8. The van der Waals surface area contributed by atoms with E-state index in [4.69, 9.17) is 24.2 Å². The van der Waals surface area contributed by atoms with Crippen molar-refractivity contribution in [1.82, 2.24) is 25.5 Å². The smallest absolute Gasteiger partial charge is 0.408 e. The van der Waals surface area contributed by atoms with Crippen LogP contribution < -0.4 is 25.4 Å². The minimum Gasteiger partial charge on any atom is -0.497 e. The third kappa shape index (κ3) is 8.83. The molecular weight excluding hydrogens is 760 g/mol. The number of nitrogens with one attached hydrogen (secondary N) is 3. The highest BCUT2D eigenvalue weighted by Crippen LogP contribution is 2.67. The molecule has 5 N–H and O–H groups in total. The number of benzene rings is 1. The zero-order chi connectivity index (χ0) is 39.6. The third-order valence-electron chi connectivity index (χ3n) is 11.0. The van der Waals surface area contributed by atoms with Gasteiger partial charge in [0.15, 0.2) is 5.13 Å². The Bertz CT molecular complexity index is 2010. The van der Waals surface area contributed by atoms with Crippen LogP contribution in [0.4, 0.5) is 9.93 Å². The molecule has 17 heteroatoms. The number of thiazole rings is 1. The summed E-state index contributed by atoms with van der Waals surface area (Å²) in [6.07, 6.45) is 8.87. The van der Waals surface area contributed by atoms with Crippen molar-refractivity contribution in [3.63, 3.8) is 0 Å². The number of carbonyl (C=O) groups excluding carboxylic acids is 3. The van der Waals surface area contributed by atoms with E-state index in [0.717, 1.165) is 43.7 Å². The Balaban J connectivity index is 1.21. The lowest BCUT2D eigenvalue weighted by Crippen LogP contribution is -2.55. The molecule has 3 amide bonds. The monoisotopic (exact) mass is 810 g/mol. The molecule has 7 rings (SSSR count). The van der Waals surface area contributed by atoms with Crippen LogP contribution in [0.1, 0.15) is 84.5 Å². The molecule has 1 saturated heterocycles. The SMILES string of the molecule is COc1ccc2c(O[C@@H]3C[C@H]4C(=O)N[C@]5(P(=O)(O)O)C[C@H]5/C=C/CCCCC[C@H](NC(=O)OC5CCCC5)C(=O)N4C3)cc(-c3csc(NC(C)C)n3)nc2c1. The van der Waals surface area contributed by atoms with Crippen molar-refractivity contribution in [3.05, 3.63) is 41.8 Å². The van der Waals surface area contributed by atoms with Gasteiger partial charge in [0.05, 0.1) is 24.9 Å². The van der Waals surface area contributed by atoms with E-state index in [1.54, 1.807) is 31.4 Å². The maximum absolute atomic E-state index is 14.6. The highest BCUT2D eigenvalue weighted by Gasteiger charge is 2.66. The number of hydrogen-bond donors (Lipinski definition) is 5. The molecule has 3 fully saturated rings. The lowest BCUT2D eigenvalue weighted by Gasteiger charge is -2.30. The Morgan fingerprint density at radius 2 is 1.84 bits per heavy atom. The van der Waals surface area contributed by atoms with Gasteiger partial charge >= 0.3 is 13.7 Å². The molecule has 4 aliphatic rings. The number of allylic oxidation sites excluding steroid dienone is 1. The number of alkyl carbamates (subject to hydrolysis) is 1. The molecule has 2 aromatic heterocycles. The van der Waals surface area contributed by atoms with Gasteiger partial charge < -0.3 is 44.8 Å². The summed E-state index contributed by atoms with van der Waals surface area (Å²) in [5.41, 5.74) is 1.78. The summed E-state index contributed by atoms with van der Waals surface area (Å²) in [5.74, 6) is -0.671. The van der Waals surface area contributed by atoms with Gasteiger partial charge in [0.2, 0.25) is 11.8 Å². The zero-order valence-electron chi connectivity index (χ0n) is 31.9. The average molecular weight is 811 g/mol. The standard InChI is InChI=1S/C39H51N6O9PS/c1-23(2)40-37-42-32(22-56-37)31-19-34(28-16-15-26(52-3)17-30(28)41-31)53-27-18-33-35(46)44-39(55(49,50)51)20-24(39)11-7-5-4-6-8-14-29(36(47)45(33)21-27)43-38(48)54-25-12-9-10-13-25/h7,11,15-17,19,22-25,27,29,33H,4-6,8-10,12-14,18,20-21H2,1-3H3,(H,40,42)(H,43,48)(H,44,46)(H2,49,50,51)/b11-7+/t24-,27-,29+,33+,39+/m1/s1. The van der Waals surface area contributed by atoms with Gasteiger partial charge in [-0.05, 0) is 77.3 Å². The van der Waals surface area contributed by atoms with Gasteiger partial charge in [0.25, 0.3) is 0 Å². The Morgan fingerprint density at radius 1 is 1.05 bits per heavy atom. The second-order valence-electron chi connectivity index (χ2n) is 15.6. The molecule has 0 bridgehead atoms. The number of anilines is 1. The summed E-state index contributed by atoms with van der Waals surface area (Å²) in [7, 11) is -3.24. The topological polar surface area (TPSA) is 202 Å². The highest BCUT2D eigenvalue weighted by molar-refractivity contribution is 7.54. The predicted octanol–water partition coefficient (Wildman–Crippen LogP) is 6.10. The van der Waals surface area contributed by atoms with Gasteiger partial charge in [-0.2, -0.15) is 0 Å². The van der Waals surface area contributed by atoms with Gasteiger partial charge in [0.1, 0.15) is 46.8 Å². The quantitative estimate of drug-likeness (QED) is 0.123. The average Bonchev–Trinajstić information content (AvgIpc) is 3.57. The second-order valence-corrected chi connectivity index (χ2v) is 18.3. The van der Waals surface area contributed by atoms with E-state index in [1.165, 1.54) is 16.2 Å². The van der Waals surface area contributed by atoms with E-state index < -0.39 is 54.9 Å². The van der Waals surface area contributed by atoms with E-state index in [-0.39, 0.29) is 31.5 Å². The van der Waals surface area contributed by atoms with Crippen molar-refractivity contribution in [2.45, 2.75) is 120 Å². The zero-order valence-corrected chi connectivity index (χ0v) is 33.7. The van der Waals surface area contributed by atoms with Gasteiger partial charge in [0, 0.05) is 41.3 Å². The number of amides is 3. The Morgan fingerprint density at radius 3 is 2.59 bits per heavy atom. The first-order valence-corrected chi connectivity index (χ1v) is 22.0. The third-order valence-corrected chi connectivity index (χ3v) is 13.5. The van der Waals surface area contributed by atoms with Gasteiger partial charge in [-0.15, -0.1) is 11.3 Å². The van der Waals surface area contributed by atoms with Crippen molar-refractivity contribution < 1.29 is 42.9 Å². The van der Waals surface area contributed by atoms with Crippen LogP contribution in [-0.4, -0.2) is 91.8 Å². The Labute approximate surface area is 330 Å². The molecule has 4 heterocycles. The van der Waals surface area contributed by atoms with Crippen LogP contribution in [0, 0.1) is 5.92 Å². The van der Waals surface area contributed by atoms with Crippen molar-refractivity contribution in [1.29, 1.82) is 0 Å². The van der Waals surface area contributed by atoms with Crippen LogP contribution in [0.2, 0.25) is 0 Å². The van der Waals surface area contributed by atoms with Crippen LogP contribution >= 0.6 is 18.9 Å². The van der Waals surface area contributed by atoms with Crippen molar-refractivity contribution in [3.8, 4) is 22.9 Å².